The zero-order valence-corrected chi connectivity index (χ0v) is 19.3. The lowest BCUT2D eigenvalue weighted by molar-refractivity contribution is -0.136. The largest absolute Gasteiger partial charge is 0.328 e. The Balaban J connectivity index is 1.35. The molecule has 0 aliphatic carbocycles. The van der Waals surface area contributed by atoms with E-state index in [4.69, 9.17) is 0 Å². The summed E-state index contributed by atoms with van der Waals surface area (Å²) in [5, 5.41) is 0. The van der Waals surface area contributed by atoms with Crippen molar-refractivity contribution in [2.24, 2.45) is 0 Å². The first-order valence-corrected chi connectivity index (χ1v) is 12.0. The highest BCUT2D eigenvalue weighted by Crippen LogP contribution is 2.38. The van der Waals surface area contributed by atoms with Gasteiger partial charge in [-0.1, -0.05) is 60.7 Å². The number of pyridine rings is 1. The minimum absolute atomic E-state index is 0.0435. The molecule has 1 spiro atoms. The van der Waals surface area contributed by atoms with Crippen molar-refractivity contribution >= 4 is 11.9 Å². The maximum Gasteiger partial charge on any atom is 0.328 e. The van der Waals surface area contributed by atoms with Gasteiger partial charge >= 0.3 is 6.03 Å². The predicted molar refractivity (Wildman–Crippen MR) is 131 cm³/mol. The number of carbonyl (C=O) groups is 2. The molecule has 0 N–H and O–H groups in total. The van der Waals surface area contributed by atoms with E-state index < -0.39 is 5.54 Å². The Labute approximate surface area is 200 Å². The number of aromatic nitrogens is 1. The fraction of sp³-hybridized carbons (Fsp3) is 0.321. The lowest BCUT2D eigenvalue weighted by Crippen LogP contribution is -2.56. The Kier molecular flexibility index (Phi) is 6.41. The summed E-state index contributed by atoms with van der Waals surface area (Å²) < 4.78 is 0. The normalized spacial score (nSPS) is 18.1. The second kappa shape index (κ2) is 9.77. The molecule has 2 aliphatic rings. The number of urea groups is 1. The number of hydrogen-bond acceptors (Lipinski definition) is 4. The molecule has 6 heteroatoms. The highest BCUT2D eigenvalue weighted by molar-refractivity contribution is 6.07. The maximum absolute atomic E-state index is 13.8. The quantitative estimate of drug-likeness (QED) is 0.504. The Hall–Kier alpha value is -3.51. The molecule has 0 unspecified atom stereocenters. The highest BCUT2D eigenvalue weighted by Gasteiger charge is 2.57. The second-order valence-corrected chi connectivity index (χ2v) is 9.21. The SMILES string of the molecule is O=C1N(Cc2ccccc2)C(=O)C2(CCN(Cc3ccncc3)CC2)N1CCc1ccccc1. The van der Waals surface area contributed by atoms with E-state index in [1.165, 1.54) is 16.0 Å². The van der Waals surface area contributed by atoms with E-state index in [-0.39, 0.29) is 11.9 Å². The van der Waals surface area contributed by atoms with Crippen LogP contribution in [0.5, 0.6) is 0 Å². The van der Waals surface area contributed by atoms with E-state index in [1.54, 1.807) is 0 Å². The van der Waals surface area contributed by atoms with Gasteiger partial charge in [0.25, 0.3) is 5.91 Å². The van der Waals surface area contributed by atoms with Crippen LogP contribution < -0.4 is 0 Å². The summed E-state index contributed by atoms with van der Waals surface area (Å²) in [5.74, 6) is -0.0435. The van der Waals surface area contributed by atoms with Crippen molar-refractivity contribution in [1.82, 2.24) is 19.7 Å². The van der Waals surface area contributed by atoms with Crippen LogP contribution in [-0.4, -0.2) is 56.8 Å². The van der Waals surface area contributed by atoms with Crippen LogP contribution in [-0.2, 0) is 24.3 Å². The van der Waals surface area contributed by atoms with Crippen molar-refractivity contribution in [3.8, 4) is 0 Å². The van der Waals surface area contributed by atoms with E-state index in [1.807, 2.05) is 78.0 Å². The Bertz CT molecular complexity index is 1110. The van der Waals surface area contributed by atoms with Gasteiger partial charge in [-0.25, -0.2) is 4.79 Å². The van der Waals surface area contributed by atoms with Gasteiger partial charge in [0, 0.05) is 38.6 Å². The van der Waals surface area contributed by atoms with E-state index in [2.05, 4.69) is 22.0 Å². The molecular weight excluding hydrogens is 424 g/mol. The van der Waals surface area contributed by atoms with Gasteiger partial charge < -0.3 is 4.90 Å². The fourth-order valence-corrected chi connectivity index (χ4v) is 5.19. The molecule has 34 heavy (non-hydrogen) atoms. The average molecular weight is 455 g/mol. The third-order valence-corrected chi connectivity index (χ3v) is 7.11. The van der Waals surface area contributed by atoms with Crippen LogP contribution in [0.1, 0.15) is 29.5 Å². The molecule has 0 radical (unpaired) electrons. The maximum atomic E-state index is 13.8. The van der Waals surface area contributed by atoms with Crippen molar-refractivity contribution in [1.29, 1.82) is 0 Å². The molecule has 3 heterocycles. The lowest BCUT2D eigenvalue weighted by atomic mass is 9.85. The monoisotopic (exact) mass is 454 g/mol. The van der Waals surface area contributed by atoms with Crippen LogP contribution in [0.25, 0.3) is 0 Å². The third-order valence-electron chi connectivity index (χ3n) is 7.11. The molecule has 2 saturated heterocycles. The standard InChI is InChI=1S/C28H30N4O2/c33-26-28(14-19-30(20-15-28)21-25-11-16-29-17-12-25)32(18-13-23-7-3-1-4-8-23)27(34)31(26)22-24-9-5-2-6-10-24/h1-12,16-17H,13-15,18-22H2. The first-order valence-electron chi connectivity index (χ1n) is 12.0. The summed E-state index contributed by atoms with van der Waals surface area (Å²) >= 11 is 0. The topological polar surface area (TPSA) is 56.8 Å². The third kappa shape index (κ3) is 4.46. The molecule has 2 aliphatic heterocycles. The smallest absolute Gasteiger partial charge is 0.309 e. The zero-order valence-electron chi connectivity index (χ0n) is 19.3. The molecule has 2 fully saturated rings. The van der Waals surface area contributed by atoms with Crippen molar-refractivity contribution in [3.63, 3.8) is 0 Å². The van der Waals surface area contributed by atoms with E-state index in [0.29, 0.717) is 25.9 Å². The Morgan fingerprint density at radius 2 is 1.32 bits per heavy atom. The van der Waals surface area contributed by atoms with Crippen molar-refractivity contribution < 1.29 is 9.59 Å². The van der Waals surface area contributed by atoms with Crippen LogP contribution in [0, 0.1) is 0 Å². The number of rotatable bonds is 7. The van der Waals surface area contributed by atoms with Crippen molar-refractivity contribution in [3.05, 3.63) is 102 Å². The predicted octanol–water partition coefficient (Wildman–Crippen LogP) is 4.12. The molecule has 0 saturated carbocycles. The van der Waals surface area contributed by atoms with Crippen LogP contribution in [0.3, 0.4) is 0 Å². The zero-order chi connectivity index (χ0) is 23.4. The van der Waals surface area contributed by atoms with Gasteiger partial charge in [-0.15, -0.1) is 0 Å². The van der Waals surface area contributed by atoms with Crippen LogP contribution in [0.4, 0.5) is 4.79 Å². The minimum atomic E-state index is -0.755. The number of carbonyl (C=O) groups excluding carboxylic acids is 2. The summed E-state index contributed by atoms with van der Waals surface area (Å²) in [6, 6.07) is 23.9. The molecule has 0 bridgehead atoms. The highest BCUT2D eigenvalue weighted by atomic mass is 16.2. The number of benzene rings is 2. The van der Waals surface area contributed by atoms with Gasteiger partial charge in [0.15, 0.2) is 0 Å². The molecule has 3 aromatic rings. The fourth-order valence-electron chi connectivity index (χ4n) is 5.19. The molecule has 2 aromatic carbocycles. The summed E-state index contributed by atoms with van der Waals surface area (Å²) in [5.41, 5.74) is 2.61. The Morgan fingerprint density at radius 1 is 0.735 bits per heavy atom. The van der Waals surface area contributed by atoms with Crippen LogP contribution in [0.2, 0.25) is 0 Å². The molecule has 0 atom stereocenters. The lowest BCUT2D eigenvalue weighted by Gasteiger charge is -2.42. The van der Waals surface area contributed by atoms with Crippen molar-refractivity contribution in [2.75, 3.05) is 19.6 Å². The average Bonchev–Trinajstić information content (AvgIpc) is 3.07. The van der Waals surface area contributed by atoms with Gasteiger partial charge in [0.2, 0.25) is 0 Å². The Morgan fingerprint density at radius 3 is 1.97 bits per heavy atom. The first-order chi connectivity index (χ1) is 16.7. The number of imide groups is 1. The van der Waals surface area contributed by atoms with Gasteiger partial charge in [0.1, 0.15) is 5.54 Å². The molecule has 1 aromatic heterocycles. The second-order valence-electron chi connectivity index (χ2n) is 9.21. The van der Waals surface area contributed by atoms with Crippen LogP contribution in [0.15, 0.2) is 85.2 Å². The van der Waals surface area contributed by atoms with Gasteiger partial charge in [-0.3, -0.25) is 19.6 Å². The molecule has 174 valence electrons. The van der Waals surface area contributed by atoms with Gasteiger partial charge in [-0.2, -0.15) is 0 Å². The molecular formula is C28H30N4O2. The first kappa shape index (κ1) is 22.3. The van der Waals surface area contributed by atoms with Crippen LogP contribution >= 0.6 is 0 Å². The molecule has 6 nitrogen and oxygen atoms in total. The number of likely N-dealkylation sites (tertiary alicyclic amines) is 1. The van der Waals surface area contributed by atoms with Gasteiger partial charge in [-0.05, 0) is 48.1 Å². The summed E-state index contributed by atoms with van der Waals surface area (Å²) in [4.78, 5) is 37.2. The summed E-state index contributed by atoms with van der Waals surface area (Å²) in [6.07, 6.45) is 5.67. The number of nitrogens with zero attached hydrogens (tertiary/aromatic N) is 4. The van der Waals surface area contributed by atoms with E-state index in [0.717, 1.165) is 31.6 Å². The minimum Gasteiger partial charge on any atom is -0.309 e. The number of hydrogen-bond donors (Lipinski definition) is 0. The number of amides is 3. The van der Waals surface area contributed by atoms with E-state index >= 15 is 0 Å². The van der Waals surface area contributed by atoms with Crippen molar-refractivity contribution in [2.45, 2.75) is 37.9 Å². The summed E-state index contributed by atoms with van der Waals surface area (Å²) in [6.45, 7) is 3.26. The van der Waals surface area contributed by atoms with Gasteiger partial charge in [0.05, 0.1) is 6.54 Å². The number of piperidine rings is 1. The molecule has 5 rings (SSSR count). The van der Waals surface area contributed by atoms with E-state index in [9.17, 15) is 9.59 Å². The molecule has 3 amide bonds. The summed E-state index contributed by atoms with van der Waals surface area (Å²) in [7, 11) is 0.